The average molecular weight is 234 g/mol. The Labute approximate surface area is 106 Å². The number of hydrogen-bond acceptors (Lipinski definition) is 2. The summed E-state index contributed by atoms with van der Waals surface area (Å²) in [6, 6.07) is 11.0. The monoisotopic (exact) mass is 234 g/mol. The van der Waals surface area contributed by atoms with Crippen molar-refractivity contribution in [2.45, 2.75) is 32.7 Å². The van der Waals surface area contributed by atoms with Crippen LogP contribution in [-0.2, 0) is 6.42 Å². The molecule has 0 spiro atoms. The van der Waals surface area contributed by atoms with Crippen molar-refractivity contribution in [3.63, 3.8) is 0 Å². The predicted octanol–water partition coefficient (Wildman–Crippen LogP) is 2.53. The van der Waals surface area contributed by atoms with Crippen LogP contribution in [-0.4, -0.2) is 31.1 Å². The molecule has 17 heavy (non-hydrogen) atoms. The van der Waals surface area contributed by atoms with E-state index in [9.17, 15) is 0 Å². The largest absolute Gasteiger partial charge is 0.327 e. The summed E-state index contributed by atoms with van der Waals surface area (Å²) in [6.07, 6.45) is 2.21. The number of rotatable bonds is 7. The van der Waals surface area contributed by atoms with E-state index in [-0.39, 0.29) is 0 Å². The highest BCUT2D eigenvalue weighted by molar-refractivity contribution is 5.14. The van der Waals surface area contributed by atoms with Crippen LogP contribution in [0.3, 0.4) is 0 Å². The first-order valence-corrected chi connectivity index (χ1v) is 6.57. The summed E-state index contributed by atoms with van der Waals surface area (Å²) in [6.45, 7) is 6.57. The summed E-state index contributed by atoms with van der Waals surface area (Å²) >= 11 is 0. The number of likely N-dealkylation sites (N-methyl/N-ethyl adjacent to an activating group) is 1. The Kier molecular flexibility index (Phi) is 6.23. The minimum Gasteiger partial charge on any atom is -0.327 e. The van der Waals surface area contributed by atoms with Gasteiger partial charge in [-0.2, -0.15) is 0 Å². The summed E-state index contributed by atoms with van der Waals surface area (Å²) in [5.41, 5.74) is 7.46. The van der Waals surface area contributed by atoms with Crippen LogP contribution in [0.25, 0.3) is 0 Å². The summed E-state index contributed by atoms with van der Waals surface area (Å²) in [4.78, 5) is 2.37. The van der Waals surface area contributed by atoms with E-state index >= 15 is 0 Å². The van der Waals surface area contributed by atoms with Crippen LogP contribution >= 0.6 is 0 Å². The molecule has 0 aromatic heterocycles. The van der Waals surface area contributed by atoms with Crippen molar-refractivity contribution in [2.24, 2.45) is 11.7 Å². The summed E-state index contributed by atoms with van der Waals surface area (Å²) in [5.74, 6) is 0.581. The van der Waals surface area contributed by atoms with Crippen LogP contribution in [0.1, 0.15) is 25.8 Å². The Balaban J connectivity index is 2.19. The Bertz CT molecular complexity index is 295. The Morgan fingerprint density at radius 1 is 1.12 bits per heavy atom. The third-order valence-corrected chi connectivity index (χ3v) is 3.33. The molecule has 1 rings (SSSR count). The molecule has 0 bridgehead atoms. The van der Waals surface area contributed by atoms with Crippen molar-refractivity contribution in [1.29, 1.82) is 0 Å². The van der Waals surface area contributed by atoms with E-state index in [4.69, 9.17) is 5.73 Å². The SMILES string of the molecule is CC(C)C(N)CCN(C)CCc1ccccc1. The fraction of sp³-hybridized carbons (Fsp3) is 0.600. The van der Waals surface area contributed by atoms with Gasteiger partial charge >= 0.3 is 0 Å². The minimum atomic E-state index is 0.328. The molecule has 96 valence electrons. The molecule has 0 aliphatic carbocycles. The van der Waals surface area contributed by atoms with Gasteiger partial charge in [0.25, 0.3) is 0 Å². The van der Waals surface area contributed by atoms with Crippen molar-refractivity contribution >= 4 is 0 Å². The molecule has 0 aliphatic rings. The summed E-state index contributed by atoms with van der Waals surface area (Å²) < 4.78 is 0. The van der Waals surface area contributed by atoms with E-state index in [1.54, 1.807) is 0 Å². The Hall–Kier alpha value is -0.860. The third kappa shape index (κ3) is 5.85. The quantitative estimate of drug-likeness (QED) is 0.785. The highest BCUT2D eigenvalue weighted by Gasteiger charge is 2.08. The minimum absolute atomic E-state index is 0.328. The first-order valence-electron chi connectivity index (χ1n) is 6.57. The van der Waals surface area contributed by atoms with Crippen molar-refractivity contribution in [3.05, 3.63) is 35.9 Å². The summed E-state index contributed by atoms with van der Waals surface area (Å²) in [7, 11) is 2.18. The lowest BCUT2D eigenvalue weighted by Gasteiger charge is -2.21. The highest BCUT2D eigenvalue weighted by atomic mass is 15.1. The van der Waals surface area contributed by atoms with Crippen molar-refractivity contribution in [2.75, 3.05) is 20.1 Å². The molecule has 2 N–H and O–H groups in total. The van der Waals surface area contributed by atoms with E-state index in [0.717, 1.165) is 25.9 Å². The molecule has 0 saturated heterocycles. The first kappa shape index (κ1) is 14.2. The number of hydrogen-bond donors (Lipinski definition) is 1. The molecule has 2 heteroatoms. The zero-order valence-corrected chi connectivity index (χ0v) is 11.4. The molecule has 0 radical (unpaired) electrons. The van der Waals surface area contributed by atoms with Gasteiger partial charge in [-0.05, 0) is 37.9 Å². The smallest absolute Gasteiger partial charge is 0.00740 e. The van der Waals surface area contributed by atoms with Crippen LogP contribution in [0.15, 0.2) is 30.3 Å². The zero-order valence-electron chi connectivity index (χ0n) is 11.4. The van der Waals surface area contributed by atoms with Gasteiger partial charge in [-0.25, -0.2) is 0 Å². The molecule has 0 heterocycles. The zero-order chi connectivity index (χ0) is 12.7. The van der Waals surface area contributed by atoms with Gasteiger partial charge in [0, 0.05) is 12.6 Å². The van der Waals surface area contributed by atoms with Crippen molar-refractivity contribution < 1.29 is 0 Å². The van der Waals surface area contributed by atoms with Crippen LogP contribution < -0.4 is 5.73 Å². The van der Waals surface area contributed by atoms with Gasteiger partial charge in [-0.15, -0.1) is 0 Å². The van der Waals surface area contributed by atoms with Gasteiger partial charge < -0.3 is 10.6 Å². The van der Waals surface area contributed by atoms with Gasteiger partial charge in [0.2, 0.25) is 0 Å². The normalized spacial score (nSPS) is 13.3. The lowest BCUT2D eigenvalue weighted by molar-refractivity contribution is 0.306. The molecular formula is C15H26N2. The molecule has 2 nitrogen and oxygen atoms in total. The fourth-order valence-corrected chi connectivity index (χ4v) is 1.78. The molecule has 1 unspecified atom stereocenters. The maximum Gasteiger partial charge on any atom is 0.00740 e. The number of benzene rings is 1. The average Bonchev–Trinajstić information content (AvgIpc) is 2.34. The molecule has 0 saturated carbocycles. The van der Waals surface area contributed by atoms with Crippen LogP contribution in [0.5, 0.6) is 0 Å². The van der Waals surface area contributed by atoms with Crippen molar-refractivity contribution in [1.82, 2.24) is 4.90 Å². The van der Waals surface area contributed by atoms with Crippen molar-refractivity contribution in [3.8, 4) is 0 Å². The molecule has 0 amide bonds. The Morgan fingerprint density at radius 2 is 1.76 bits per heavy atom. The number of nitrogens with two attached hydrogens (primary N) is 1. The first-order chi connectivity index (χ1) is 8.09. The van der Waals surface area contributed by atoms with Crippen LogP contribution in [0.4, 0.5) is 0 Å². The van der Waals surface area contributed by atoms with Gasteiger partial charge in [0.1, 0.15) is 0 Å². The lowest BCUT2D eigenvalue weighted by atomic mass is 10.0. The van der Waals surface area contributed by atoms with Gasteiger partial charge in [-0.1, -0.05) is 44.2 Å². The van der Waals surface area contributed by atoms with E-state index in [2.05, 4.69) is 56.1 Å². The second-order valence-electron chi connectivity index (χ2n) is 5.24. The molecule has 1 aromatic carbocycles. The van der Waals surface area contributed by atoms with Crippen LogP contribution in [0, 0.1) is 5.92 Å². The van der Waals surface area contributed by atoms with Gasteiger partial charge in [0.15, 0.2) is 0 Å². The topological polar surface area (TPSA) is 29.3 Å². The van der Waals surface area contributed by atoms with E-state index in [1.807, 2.05) is 0 Å². The lowest BCUT2D eigenvalue weighted by Crippen LogP contribution is -2.32. The standard InChI is InChI=1S/C15H26N2/c1-13(2)15(16)10-12-17(3)11-9-14-7-5-4-6-8-14/h4-8,13,15H,9-12,16H2,1-3H3. The number of nitrogens with zero attached hydrogens (tertiary/aromatic N) is 1. The van der Waals surface area contributed by atoms with E-state index in [0.29, 0.717) is 12.0 Å². The second-order valence-corrected chi connectivity index (χ2v) is 5.24. The molecule has 1 aromatic rings. The molecule has 0 fully saturated rings. The third-order valence-electron chi connectivity index (χ3n) is 3.33. The highest BCUT2D eigenvalue weighted by Crippen LogP contribution is 2.05. The van der Waals surface area contributed by atoms with E-state index in [1.165, 1.54) is 5.56 Å². The molecule has 0 aliphatic heterocycles. The fourth-order valence-electron chi connectivity index (χ4n) is 1.78. The summed E-state index contributed by atoms with van der Waals surface area (Å²) in [5, 5.41) is 0. The second kappa shape index (κ2) is 7.46. The predicted molar refractivity (Wildman–Crippen MR) is 75.1 cm³/mol. The maximum absolute atomic E-state index is 6.05. The van der Waals surface area contributed by atoms with E-state index < -0.39 is 0 Å². The maximum atomic E-state index is 6.05. The van der Waals surface area contributed by atoms with Gasteiger partial charge in [-0.3, -0.25) is 0 Å². The molecule has 1 atom stereocenters. The van der Waals surface area contributed by atoms with Crippen LogP contribution in [0.2, 0.25) is 0 Å². The molecular weight excluding hydrogens is 208 g/mol. The Morgan fingerprint density at radius 3 is 2.35 bits per heavy atom. The van der Waals surface area contributed by atoms with Gasteiger partial charge in [0.05, 0.1) is 0 Å².